The Morgan fingerprint density at radius 2 is 1.45 bits per heavy atom. The second-order valence-corrected chi connectivity index (χ2v) is 7.35. The van der Waals surface area contributed by atoms with Gasteiger partial charge < -0.3 is 0 Å². The number of rotatable bonds is 6. The zero-order valence-corrected chi connectivity index (χ0v) is 15.2. The maximum atomic E-state index is 3.87. The lowest BCUT2D eigenvalue weighted by atomic mass is 9.71. The summed E-state index contributed by atoms with van der Waals surface area (Å²) in [6.45, 7) is 4.60. The van der Waals surface area contributed by atoms with Crippen LogP contribution < -0.4 is 0 Å². The molecule has 3 rings (SSSR count). The van der Waals surface area contributed by atoms with Crippen molar-refractivity contribution in [3.63, 3.8) is 0 Å². The molecule has 2 aromatic carbocycles. The van der Waals surface area contributed by atoms with Crippen molar-refractivity contribution in [3.8, 4) is 11.1 Å². The highest BCUT2D eigenvalue weighted by atomic mass is 79.9. The van der Waals surface area contributed by atoms with Crippen molar-refractivity contribution in [1.82, 2.24) is 0 Å². The van der Waals surface area contributed by atoms with Crippen molar-refractivity contribution in [2.45, 2.75) is 57.8 Å². The van der Waals surface area contributed by atoms with E-state index in [1.165, 1.54) is 59.7 Å². The van der Waals surface area contributed by atoms with E-state index in [1.54, 1.807) is 5.56 Å². The lowest BCUT2D eigenvalue weighted by molar-refractivity contribution is 0.413. The summed E-state index contributed by atoms with van der Waals surface area (Å²) in [4.78, 5) is 0. The quantitative estimate of drug-likeness (QED) is 0.517. The number of benzene rings is 2. The normalized spacial score (nSPS) is 14.7. The van der Waals surface area contributed by atoms with Gasteiger partial charge in [0.2, 0.25) is 0 Å². The summed E-state index contributed by atoms with van der Waals surface area (Å²) < 4.78 is 1.29. The second-order valence-electron chi connectivity index (χ2n) is 6.50. The summed E-state index contributed by atoms with van der Waals surface area (Å²) in [6, 6.07) is 15.8. The van der Waals surface area contributed by atoms with E-state index in [9.17, 15) is 0 Å². The first-order valence-corrected chi connectivity index (χ1v) is 9.42. The molecule has 1 heteroatoms. The van der Waals surface area contributed by atoms with Gasteiger partial charge in [-0.05, 0) is 41.2 Å². The number of halogens is 1. The van der Waals surface area contributed by atoms with Gasteiger partial charge in [0.15, 0.2) is 0 Å². The summed E-state index contributed by atoms with van der Waals surface area (Å²) in [7, 11) is 0. The fraction of sp³-hybridized carbons (Fsp3) is 0.429. The minimum Gasteiger partial charge on any atom is -0.0654 e. The predicted molar refractivity (Wildman–Crippen MR) is 99.4 cm³/mol. The summed E-state index contributed by atoms with van der Waals surface area (Å²) in [5.41, 5.74) is 6.19. The molecule has 0 saturated heterocycles. The lowest BCUT2D eigenvalue weighted by Crippen LogP contribution is -2.25. The van der Waals surface area contributed by atoms with Crippen LogP contribution in [-0.2, 0) is 5.41 Å². The average Bonchev–Trinajstić information content (AvgIpc) is 2.83. The Morgan fingerprint density at radius 3 is 2.14 bits per heavy atom. The Balaban J connectivity index is 2.23. The Kier molecular flexibility index (Phi) is 4.73. The zero-order chi connectivity index (χ0) is 15.6. The maximum Gasteiger partial charge on any atom is 0.0226 e. The Labute approximate surface area is 143 Å². The molecule has 0 N–H and O–H groups in total. The molecule has 0 nitrogen and oxygen atoms in total. The second kappa shape index (κ2) is 6.58. The first-order chi connectivity index (χ1) is 10.7. The molecular weight excluding hydrogens is 332 g/mol. The third-order valence-electron chi connectivity index (χ3n) is 5.14. The SMILES string of the molecule is CCCCC1(CCCC)c2ccccc2-c2cccc(Br)c21. The molecule has 1 aliphatic carbocycles. The Morgan fingerprint density at radius 1 is 0.818 bits per heavy atom. The molecule has 2 aromatic rings. The van der Waals surface area contributed by atoms with E-state index in [0.717, 1.165) is 0 Å². The van der Waals surface area contributed by atoms with Crippen LogP contribution in [0, 0.1) is 0 Å². The van der Waals surface area contributed by atoms with Crippen LogP contribution in [0.4, 0.5) is 0 Å². The molecule has 0 aromatic heterocycles. The van der Waals surface area contributed by atoms with E-state index < -0.39 is 0 Å². The van der Waals surface area contributed by atoms with Crippen LogP contribution in [0.3, 0.4) is 0 Å². The van der Waals surface area contributed by atoms with Crippen LogP contribution in [0.2, 0.25) is 0 Å². The first kappa shape index (κ1) is 15.8. The molecule has 22 heavy (non-hydrogen) atoms. The number of hydrogen-bond donors (Lipinski definition) is 0. The minimum absolute atomic E-state index is 0.206. The molecule has 0 aliphatic heterocycles. The number of unbranched alkanes of at least 4 members (excludes halogenated alkanes) is 2. The molecule has 0 bridgehead atoms. The van der Waals surface area contributed by atoms with Crippen molar-refractivity contribution in [2.75, 3.05) is 0 Å². The van der Waals surface area contributed by atoms with Crippen LogP contribution in [0.15, 0.2) is 46.9 Å². The topological polar surface area (TPSA) is 0 Å². The highest BCUT2D eigenvalue weighted by molar-refractivity contribution is 9.10. The van der Waals surface area contributed by atoms with Crippen molar-refractivity contribution in [2.24, 2.45) is 0 Å². The van der Waals surface area contributed by atoms with Gasteiger partial charge in [0, 0.05) is 9.89 Å². The van der Waals surface area contributed by atoms with Gasteiger partial charge in [-0.15, -0.1) is 0 Å². The van der Waals surface area contributed by atoms with Gasteiger partial charge in [-0.3, -0.25) is 0 Å². The fourth-order valence-electron chi connectivity index (χ4n) is 4.11. The third-order valence-corrected chi connectivity index (χ3v) is 5.80. The summed E-state index contributed by atoms with van der Waals surface area (Å²) in [6.07, 6.45) is 7.62. The van der Waals surface area contributed by atoms with Crippen LogP contribution in [0.25, 0.3) is 11.1 Å². The van der Waals surface area contributed by atoms with Crippen LogP contribution in [0.5, 0.6) is 0 Å². The van der Waals surface area contributed by atoms with E-state index in [-0.39, 0.29) is 5.41 Å². The van der Waals surface area contributed by atoms with Crippen molar-refractivity contribution in [1.29, 1.82) is 0 Å². The molecule has 0 atom stereocenters. The van der Waals surface area contributed by atoms with E-state index >= 15 is 0 Å². The third kappa shape index (κ3) is 2.44. The molecule has 0 spiro atoms. The van der Waals surface area contributed by atoms with Crippen LogP contribution in [0.1, 0.15) is 63.5 Å². The highest BCUT2D eigenvalue weighted by Crippen LogP contribution is 2.56. The smallest absolute Gasteiger partial charge is 0.0226 e. The van der Waals surface area contributed by atoms with E-state index in [0.29, 0.717) is 0 Å². The zero-order valence-electron chi connectivity index (χ0n) is 13.7. The fourth-order valence-corrected chi connectivity index (χ4v) is 4.85. The largest absolute Gasteiger partial charge is 0.0654 e. The van der Waals surface area contributed by atoms with Crippen molar-refractivity contribution < 1.29 is 0 Å². The molecule has 0 saturated carbocycles. The van der Waals surface area contributed by atoms with Gasteiger partial charge in [-0.1, -0.05) is 91.9 Å². The average molecular weight is 357 g/mol. The Bertz CT molecular complexity index is 649. The molecule has 0 unspecified atom stereocenters. The molecule has 116 valence electrons. The van der Waals surface area contributed by atoms with Crippen molar-refractivity contribution in [3.05, 3.63) is 58.1 Å². The van der Waals surface area contributed by atoms with Gasteiger partial charge in [0.25, 0.3) is 0 Å². The Hall–Kier alpha value is -1.08. The van der Waals surface area contributed by atoms with Crippen LogP contribution >= 0.6 is 15.9 Å². The van der Waals surface area contributed by atoms with E-state index in [1.807, 2.05) is 0 Å². The predicted octanol–water partition coefficient (Wildman–Crippen LogP) is 7.10. The van der Waals surface area contributed by atoms with Gasteiger partial charge in [0.1, 0.15) is 0 Å². The standard InChI is InChI=1S/C21H25Br/c1-3-5-14-21(15-6-4-2)18-12-8-7-10-16(18)17-11-9-13-19(22)20(17)21/h7-13H,3-6,14-15H2,1-2H3. The number of hydrogen-bond acceptors (Lipinski definition) is 0. The van der Waals surface area contributed by atoms with Gasteiger partial charge >= 0.3 is 0 Å². The summed E-state index contributed by atoms with van der Waals surface area (Å²) in [5.74, 6) is 0. The summed E-state index contributed by atoms with van der Waals surface area (Å²) >= 11 is 3.87. The molecule has 0 radical (unpaired) electrons. The van der Waals surface area contributed by atoms with E-state index in [4.69, 9.17) is 0 Å². The van der Waals surface area contributed by atoms with E-state index in [2.05, 4.69) is 72.2 Å². The van der Waals surface area contributed by atoms with Crippen LogP contribution in [-0.4, -0.2) is 0 Å². The van der Waals surface area contributed by atoms with Gasteiger partial charge in [-0.2, -0.15) is 0 Å². The molecule has 0 amide bonds. The molecular formula is C21H25Br. The minimum atomic E-state index is 0.206. The monoisotopic (exact) mass is 356 g/mol. The molecule has 0 fully saturated rings. The van der Waals surface area contributed by atoms with Gasteiger partial charge in [0.05, 0.1) is 0 Å². The summed E-state index contributed by atoms with van der Waals surface area (Å²) in [5, 5.41) is 0. The van der Waals surface area contributed by atoms with Gasteiger partial charge in [-0.25, -0.2) is 0 Å². The van der Waals surface area contributed by atoms with Crippen molar-refractivity contribution >= 4 is 15.9 Å². The lowest BCUT2D eigenvalue weighted by Gasteiger charge is -2.33. The maximum absolute atomic E-state index is 3.87. The number of fused-ring (bicyclic) bond motifs is 3. The highest BCUT2D eigenvalue weighted by Gasteiger charge is 2.43. The first-order valence-electron chi connectivity index (χ1n) is 8.63. The molecule has 0 heterocycles. The molecule has 1 aliphatic rings.